The van der Waals surface area contributed by atoms with Crippen molar-refractivity contribution in [1.29, 1.82) is 0 Å². The van der Waals surface area contributed by atoms with E-state index in [1.807, 2.05) is 13.0 Å². The molecule has 84 valence electrons. The zero-order valence-electron chi connectivity index (χ0n) is 8.76. The van der Waals surface area contributed by atoms with Gasteiger partial charge in [0, 0.05) is 11.3 Å². The van der Waals surface area contributed by atoms with E-state index in [1.165, 1.54) is 0 Å². The summed E-state index contributed by atoms with van der Waals surface area (Å²) in [4.78, 5) is 4.14. The number of hydrogen-bond donors (Lipinski definition) is 1. The first-order valence-electron chi connectivity index (χ1n) is 4.85. The fourth-order valence-corrected chi connectivity index (χ4v) is 1.62. The number of rotatable bonds is 3. The van der Waals surface area contributed by atoms with E-state index >= 15 is 0 Å². The van der Waals surface area contributed by atoms with Crippen LogP contribution in [-0.2, 0) is 6.54 Å². The molecule has 0 spiro atoms. The highest BCUT2D eigenvalue weighted by molar-refractivity contribution is 6.29. The predicted molar refractivity (Wildman–Crippen MR) is 60.1 cm³/mol. The predicted octanol–water partition coefficient (Wildman–Crippen LogP) is 1.29. The lowest BCUT2D eigenvalue weighted by molar-refractivity contribution is 0.268. The van der Waals surface area contributed by atoms with E-state index < -0.39 is 0 Å². The number of nitrogens with zero attached hydrogens (tertiary/aromatic N) is 4. The van der Waals surface area contributed by atoms with E-state index in [0.717, 1.165) is 17.0 Å². The van der Waals surface area contributed by atoms with Crippen LogP contribution in [-0.4, -0.2) is 31.7 Å². The van der Waals surface area contributed by atoms with Gasteiger partial charge in [-0.1, -0.05) is 16.8 Å². The van der Waals surface area contributed by atoms with Crippen LogP contribution in [0, 0.1) is 6.92 Å². The second kappa shape index (κ2) is 4.59. The molecule has 2 heterocycles. The van der Waals surface area contributed by atoms with Crippen LogP contribution in [0.15, 0.2) is 18.3 Å². The van der Waals surface area contributed by atoms with Crippen molar-refractivity contribution in [2.75, 3.05) is 6.61 Å². The first kappa shape index (κ1) is 11.0. The number of aromatic nitrogens is 4. The molecule has 1 N–H and O–H groups in total. The number of halogens is 1. The summed E-state index contributed by atoms with van der Waals surface area (Å²) in [6, 6.07) is 3.58. The molecular formula is C10H11ClN4O. The first-order valence-corrected chi connectivity index (χ1v) is 5.23. The molecule has 0 aliphatic rings. The third-order valence-corrected chi connectivity index (χ3v) is 2.41. The van der Waals surface area contributed by atoms with Gasteiger partial charge in [-0.05, 0) is 19.1 Å². The van der Waals surface area contributed by atoms with Crippen LogP contribution in [0.2, 0.25) is 5.15 Å². The van der Waals surface area contributed by atoms with Crippen molar-refractivity contribution in [2.24, 2.45) is 0 Å². The maximum Gasteiger partial charge on any atom is 0.129 e. The fourth-order valence-electron chi connectivity index (χ4n) is 1.43. The second-order valence-corrected chi connectivity index (χ2v) is 3.74. The van der Waals surface area contributed by atoms with Gasteiger partial charge in [0.25, 0.3) is 0 Å². The first-order chi connectivity index (χ1) is 7.70. The maximum atomic E-state index is 8.77. The molecule has 16 heavy (non-hydrogen) atoms. The lowest BCUT2D eigenvalue weighted by Crippen LogP contribution is -2.02. The van der Waals surface area contributed by atoms with Crippen molar-refractivity contribution in [2.45, 2.75) is 13.5 Å². The van der Waals surface area contributed by atoms with E-state index in [1.54, 1.807) is 16.9 Å². The minimum atomic E-state index is 0.0423. The number of aliphatic hydroxyl groups is 1. The molecule has 0 aliphatic heterocycles. The van der Waals surface area contributed by atoms with Crippen LogP contribution in [0.25, 0.3) is 11.3 Å². The molecule has 0 radical (unpaired) electrons. The van der Waals surface area contributed by atoms with Gasteiger partial charge in [0.05, 0.1) is 19.3 Å². The smallest absolute Gasteiger partial charge is 0.129 e. The highest BCUT2D eigenvalue weighted by Gasteiger charge is 2.07. The van der Waals surface area contributed by atoms with Crippen LogP contribution < -0.4 is 0 Å². The average Bonchev–Trinajstić information content (AvgIpc) is 2.67. The molecule has 6 heteroatoms. The SMILES string of the molecule is Cc1nc(Cl)ccc1-c1cn(CCO)nn1. The van der Waals surface area contributed by atoms with E-state index in [9.17, 15) is 0 Å². The van der Waals surface area contributed by atoms with Gasteiger partial charge in [-0.3, -0.25) is 0 Å². The van der Waals surface area contributed by atoms with Crippen molar-refractivity contribution in [3.63, 3.8) is 0 Å². The summed E-state index contributed by atoms with van der Waals surface area (Å²) < 4.78 is 1.59. The van der Waals surface area contributed by atoms with Gasteiger partial charge in [0.1, 0.15) is 10.8 Å². The van der Waals surface area contributed by atoms with E-state index in [0.29, 0.717) is 11.7 Å². The number of aryl methyl sites for hydroxylation is 1. The Hall–Kier alpha value is -1.46. The molecule has 2 aromatic rings. The third-order valence-electron chi connectivity index (χ3n) is 2.20. The Bertz CT molecular complexity index is 497. The molecule has 2 aromatic heterocycles. The number of hydrogen-bond acceptors (Lipinski definition) is 4. The zero-order valence-corrected chi connectivity index (χ0v) is 9.52. The largest absolute Gasteiger partial charge is 0.394 e. The maximum absolute atomic E-state index is 8.77. The minimum absolute atomic E-state index is 0.0423. The normalized spacial score (nSPS) is 10.7. The highest BCUT2D eigenvalue weighted by Crippen LogP contribution is 2.20. The topological polar surface area (TPSA) is 63.8 Å². The summed E-state index contributed by atoms with van der Waals surface area (Å²) in [7, 11) is 0. The molecule has 0 unspecified atom stereocenters. The van der Waals surface area contributed by atoms with Gasteiger partial charge < -0.3 is 5.11 Å². The summed E-state index contributed by atoms with van der Waals surface area (Å²) in [5.74, 6) is 0. The van der Waals surface area contributed by atoms with E-state index in [-0.39, 0.29) is 6.61 Å². The Morgan fingerprint density at radius 3 is 2.94 bits per heavy atom. The van der Waals surface area contributed by atoms with E-state index in [4.69, 9.17) is 16.7 Å². The van der Waals surface area contributed by atoms with Crippen LogP contribution in [0.5, 0.6) is 0 Å². The van der Waals surface area contributed by atoms with Crippen LogP contribution in [0.1, 0.15) is 5.69 Å². The Morgan fingerprint density at radius 2 is 2.25 bits per heavy atom. The Labute approximate surface area is 97.7 Å². The summed E-state index contributed by atoms with van der Waals surface area (Å²) >= 11 is 5.77. The Morgan fingerprint density at radius 1 is 1.44 bits per heavy atom. The summed E-state index contributed by atoms with van der Waals surface area (Å²) in [6.07, 6.45) is 1.77. The van der Waals surface area contributed by atoms with Gasteiger partial charge in [-0.25, -0.2) is 9.67 Å². The lowest BCUT2D eigenvalue weighted by atomic mass is 10.1. The standard InChI is InChI=1S/C10H11ClN4O/c1-7-8(2-3-10(11)12-7)9-6-15(4-5-16)14-13-9/h2-3,6,16H,4-5H2,1H3. The van der Waals surface area contributed by atoms with Gasteiger partial charge in [0.2, 0.25) is 0 Å². The molecular weight excluding hydrogens is 228 g/mol. The molecule has 2 rings (SSSR count). The van der Waals surface area contributed by atoms with Crippen molar-refractivity contribution in [3.8, 4) is 11.3 Å². The fraction of sp³-hybridized carbons (Fsp3) is 0.300. The molecule has 5 nitrogen and oxygen atoms in total. The Balaban J connectivity index is 2.35. The molecule has 0 aromatic carbocycles. The number of aliphatic hydroxyl groups excluding tert-OH is 1. The van der Waals surface area contributed by atoms with Crippen molar-refractivity contribution in [3.05, 3.63) is 29.2 Å². The van der Waals surface area contributed by atoms with Gasteiger partial charge in [0.15, 0.2) is 0 Å². The van der Waals surface area contributed by atoms with Crippen molar-refractivity contribution < 1.29 is 5.11 Å². The van der Waals surface area contributed by atoms with Crippen LogP contribution in [0.4, 0.5) is 0 Å². The quantitative estimate of drug-likeness (QED) is 0.819. The van der Waals surface area contributed by atoms with Gasteiger partial charge in [-0.2, -0.15) is 0 Å². The van der Waals surface area contributed by atoms with Crippen LogP contribution in [0.3, 0.4) is 0 Å². The summed E-state index contributed by atoms with van der Waals surface area (Å²) in [5, 5.41) is 17.1. The second-order valence-electron chi connectivity index (χ2n) is 3.36. The lowest BCUT2D eigenvalue weighted by Gasteiger charge is -2.00. The summed E-state index contributed by atoms with van der Waals surface area (Å²) in [6.45, 7) is 2.35. The minimum Gasteiger partial charge on any atom is -0.394 e. The Kier molecular flexibility index (Phi) is 3.17. The van der Waals surface area contributed by atoms with Gasteiger partial charge in [-0.15, -0.1) is 5.10 Å². The molecule has 0 saturated heterocycles. The molecule has 0 atom stereocenters. The van der Waals surface area contributed by atoms with E-state index in [2.05, 4.69) is 15.3 Å². The third kappa shape index (κ3) is 2.20. The molecule has 0 fully saturated rings. The monoisotopic (exact) mass is 238 g/mol. The summed E-state index contributed by atoms with van der Waals surface area (Å²) in [5.41, 5.74) is 2.44. The molecule has 0 aliphatic carbocycles. The van der Waals surface area contributed by atoms with Gasteiger partial charge >= 0.3 is 0 Å². The van der Waals surface area contributed by atoms with Crippen LogP contribution >= 0.6 is 11.6 Å². The molecule has 0 bridgehead atoms. The molecule has 0 saturated carbocycles. The molecule has 0 amide bonds. The zero-order chi connectivity index (χ0) is 11.5. The average molecular weight is 239 g/mol. The number of pyridine rings is 1. The van der Waals surface area contributed by atoms with Crippen molar-refractivity contribution >= 4 is 11.6 Å². The van der Waals surface area contributed by atoms with Crippen molar-refractivity contribution in [1.82, 2.24) is 20.0 Å². The highest BCUT2D eigenvalue weighted by atomic mass is 35.5.